The van der Waals surface area contributed by atoms with E-state index in [0.29, 0.717) is 24.4 Å². The molecule has 0 amide bonds. The highest BCUT2D eigenvalue weighted by Gasteiger charge is 2.18. The molecule has 3 nitrogen and oxygen atoms in total. The Morgan fingerprint density at radius 3 is 1.24 bits per heavy atom. The Kier molecular flexibility index (Phi) is 17.7. The summed E-state index contributed by atoms with van der Waals surface area (Å²) in [7, 11) is 0. The van der Waals surface area contributed by atoms with Gasteiger partial charge in [0.1, 0.15) is 0 Å². The number of unbranched alkanes of at least 4 members (excludes halogenated alkanes) is 10. The van der Waals surface area contributed by atoms with E-state index in [2.05, 4.69) is 13.8 Å². The van der Waals surface area contributed by atoms with Gasteiger partial charge in [0.25, 0.3) is 0 Å². The second-order valence-electron chi connectivity index (χ2n) is 10.9. The Bertz CT molecular complexity index is 381. The zero-order chi connectivity index (χ0) is 23.4. The maximum atomic E-state index is 6.68. The molecule has 0 spiro atoms. The summed E-state index contributed by atoms with van der Waals surface area (Å²) in [6.45, 7) is 6.63. The van der Waals surface area contributed by atoms with Crippen molar-refractivity contribution in [2.75, 3.05) is 13.2 Å². The molecule has 0 aromatic rings. The number of ether oxygens (including phenoxy) is 3. The van der Waals surface area contributed by atoms with Crippen molar-refractivity contribution in [3.63, 3.8) is 0 Å². The van der Waals surface area contributed by atoms with Crippen molar-refractivity contribution in [3.8, 4) is 0 Å². The van der Waals surface area contributed by atoms with Crippen LogP contribution in [0.25, 0.3) is 0 Å². The van der Waals surface area contributed by atoms with Crippen LogP contribution in [-0.4, -0.2) is 37.6 Å². The van der Waals surface area contributed by atoms with E-state index < -0.39 is 0 Å². The van der Waals surface area contributed by atoms with Crippen LogP contribution in [0.2, 0.25) is 0 Å². The minimum Gasteiger partial charge on any atom is -0.378 e. The van der Waals surface area contributed by atoms with E-state index in [1.165, 1.54) is 141 Å². The lowest BCUT2D eigenvalue weighted by atomic mass is 10.0. The third-order valence-electron chi connectivity index (χ3n) is 7.80. The second-order valence-corrected chi connectivity index (χ2v) is 10.9. The molecule has 2 fully saturated rings. The third kappa shape index (κ3) is 14.8. The van der Waals surface area contributed by atoms with Crippen molar-refractivity contribution in [2.24, 2.45) is 0 Å². The average molecular weight is 467 g/mol. The van der Waals surface area contributed by atoms with E-state index in [-0.39, 0.29) is 0 Å². The van der Waals surface area contributed by atoms with Gasteiger partial charge in [0.15, 0.2) is 0 Å². The van der Waals surface area contributed by atoms with Gasteiger partial charge in [-0.3, -0.25) is 0 Å². The molecule has 0 N–H and O–H groups in total. The number of rotatable bonds is 24. The van der Waals surface area contributed by atoms with Gasteiger partial charge < -0.3 is 14.2 Å². The SMILES string of the molecule is CCCC(CCCCCCCCC1CCO1)OC(CCC)CCCCCCCCC1CCO1. The fourth-order valence-corrected chi connectivity index (χ4v) is 5.40. The van der Waals surface area contributed by atoms with E-state index in [1.807, 2.05) is 0 Å². The highest BCUT2D eigenvalue weighted by molar-refractivity contribution is 4.68. The van der Waals surface area contributed by atoms with Crippen LogP contribution in [-0.2, 0) is 14.2 Å². The van der Waals surface area contributed by atoms with Gasteiger partial charge in [0.05, 0.1) is 24.4 Å². The largest absolute Gasteiger partial charge is 0.378 e. The molecule has 0 saturated carbocycles. The molecule has 4 atom stereocenters. The zero-order valence-corrected chi connectivity index (χ0v) is 22.5. The fraction of sp³-hybridized carbons (Fsp3) is 1.00. The number of hydrogen-bond acceptors (Lipinski definition) is 3. The normalized spacial score (nSPS) is 22.0. The Hall–Kier alpha value is -0.120. The van der Waals surface area contributed by atoms with Gasteiger partial charge in [0, 0.05) is 13.2 Å². The molecule has 2 aliphatic rings. The van der Waals surface area contributed by atoms with Crippen LogP contribution >= 0.6 is 0 Å². The fourth-order valence-electron chi connectivity index (χ4n) is 5.40. The van der Waals surface area contributed by atoms with Crippen LogP contribution in [0.4, 0.5) is 0 Å². The Labute approximate surface area is 207 Å². The highest BCUT2D eigenvalue weighted by Crippen LogP contribution is 2.23. The molecule has 2 heterocycles. The van der Waals surface area contributed by atoms with Gasteiger partial charge in [-0.25, -0.2) is 0 Å². The molecule has 33 heavy (non-hydrogen) atoms. The van der Waals surface area contributed by atoms with E-state index >= 15 is 0 Å². The molecule has 0 aliphatic carbocycles. The molecular formula is C30H58O3. The van der Waals surface area contributed by atoms with Gasteiger partial charge >= 0.3 is 0 Å². The third-order valence-corrected chi connectivity index (χ3v) is 7.80. The molecule has 0 aromatic carbocycles. The molecule has 196 valence electrons. The highest BCUT2D eigenvalue weighted by atomic mass is 16.5. The second kappa shape index (κ2) is 20.1. The van der Waals surface area contributed by atoms with E-state index in [1.54, 1.807) is 0 Å². The summed E-state index contributed by atoms with van der Waals surface area (Å²) < 4.78 is 17.7. The van der Waals surface area contributed by atoms with E-state index in [4.69, 9.17) is 14.2 Å². The lowest BCUT2D eigenvalue weighted by molar-refractivity contribution is -0.0557. The summed E-state index contributed by atoms with van der Waals surface area (Å²) in [4.78, 5) is 0. The van der Waals surface area contributed by atoms with Crippen LogP contribution in [0.15, 0.2) is 0 Å². The van der Waals surface area contributed by atoms with Crippen LogP contribution in [0.5, 0.6) is 0 Å². The van der Waals surface area contributed by atoms with Gasteiger partial charge in [-0.1, -0.05) is 104 Å². The first-order valence-electron chi connectivity index (χ1n) is 15.2. The van der Waals surface area contributed by atoms with Crippen LogP contribution in [0.3, 0.4) is 0 Å². The summed E-state index contributed by atoms with van der Waals surface area (Å²) >= 11 is 0. The molecule has 3 heteroatoms. The molecular weight excluding hydrogens is 408 g/mol. The molecule has 2 saturated heterocycles. The quantitative estimate of drug-likeness (QED) is 0.133. The van der Waals surface area contributed by atoms with Gasteiger partial charge in [0.2, 0.25) is 0 Å². The summed E-state index contributed by atoms with van der Waals surface area (Å²) in [5.41, 5.74) is 0. The van der Waals surface area contributed by atoms with Crippen LogP contribution in [0.1, 0.15) is 155 Å². The van der Waals surface area contributed by atoms with Crippen molar-refractivity contribution in [1.82, 2.24) is 0 Å². The van der Waals surface area contributed by atoms with Gasteiger partial charge in [-0.05, 0) is 51.4 Å². The van der Waals surface area contributed by atoms with Gasteiger partial charge in [-0.2, -0.15) is 0 Å². The summed E-state index contributed by atoms with van der Waals surface area (Å²) in [6.07, 6.45) is 31.5. The van der Waals surface area contributed by atoms with Crippen molar-refractivity contribution < 1.29 is 14.2 Å². The van der Waals surface area contributed by atoms with Crippen molar-refractivity contribution in [2.45, 2.75) is 180 Å². The average Bonchev–Trinajstić information content (AvgIpc) is 2.74. The van der Waals surface area contributed by atoms with Crippen LogP contribution < -0.4 is 0 Å². The van der Waals surface area contributed by atoms with Crippen molar-refractivity contribution >= 4 is 0 Å². The van der Waals surface area contributed by atoms with Gasteiger partial charge in [-0.15, -0.1) is 0 Å². The first-order chi connectivity index (χ1) is 16.3. The first-order valence-corrected chi connectivity index (χ1v) is 15.2. The predicted octanol–water partition coefficient (Wildman–Crippen LogP) is 9.16. The molecule has 4 unspecified atom stereocenters. The topological polar surface area (TPSA) is 27.7 Å². The summed E-state index contributed by atoms with van der Waals surface area (Å²) in [6, 6.07) is 0. The lowest BCUT2D eigenvalue weighted by Gasteiger charge is -2.26. The maximum Gasteiger partial charge on any atom is 0.0597 e. The molecule has 0 radical (unpaired) electrons. The molecule has 2 aliphatic heterocycles. The predicted molar refractivity (Wildman–Crippen MR) is 141 cm³/mol. The van der Waals surface area contributed by atoms with Crippen molar-refractivity contribution in [1.29, 1.82) is 0 Å². The van der Waals surface area contributed by atoms with Crippen molar-refractivity contribution in [3.05, 3.63) is 0 Å². The maximum absolute atomic E-state index is 6.68. The van der Waals surface area contributed by atoms with E-state index in [0.717, 1.165) is 13.2 Å². The number of hydrogen-bond donors (Lipinski definition) is 0. The Morgan fingerprint density at radius 2 is 0.909 bits per heavy atom. The molecule has 2 rings (SSSR count). The first kappa shape index (κ1) is 29.1. The smallest absolute Gasteiger partial charge is 0.0597 e. The Balaban J connectivity index is 1.45. The minimum atomic E-state index is 0.496. The standard InChI is InChI=1S/C30H58O3/c1-3-17-29(21-15-11-7-5-9-13-19-27-23-25-31-27)33-30(18-4-2)22-16-12-8-6-10-14-20-28-24-26-32-28/h27-30H,3-26H2,1-2H3. The molecule has 0 aromatic heterocycles. The van der Waals surface area contributed by atoms with Crippen LogP contribution in [0, 0.1) is 0 Å². The molecule has 0 bridgehead atoms. The monoisotopic (exact) mass is 466 g/mol. The summed E-state index contributed by atoms with van der Waals surface area (Å²) in [5, 5.41) is 0. The summed E-state index contributed by atoms with van der Waals surface area (Å²) in [5.74, 6) is 0. The lowest BCUT2D eigenvalue weighted by Crippen LogP contribution is -2.26. The van der Waals surface area contributed by atoms with E-state index in [9.17, 15) is 0 Å². The Morgan fingerprint density at radius 1 is 0.545 bits per heavy atom. The minimum absolute atomic E-state index is 0.496. The zero-order valence-electron chi connectivity index (χ0n) is 22.5.